The van der Waals surface area contributed by atoms with E-state index in [-0.39, 0.29) is 11.6 Å². The molecule has 2 N–H and O–H groups in total. The second kappa shape index (κ2) is 6.43. The highest BCUT2D eigenvalue weighted by Crippen LogP contribution is 2.31. The summed E-state index contributed by atoms with van der Waals surface area (Å²) in [7, 11) is 1.81. The minimum absolute atomic E-state index is 0.160. The summed E-state index contributed by atoms with van der Waals surface area (Å²) in [6, 6.07) is 9.12. The zero-order valence-corrected chi connectivity index (χ0v) is 12.1. The van der Waals surface area contributed by atoms with E-state index in [1.165, 1.54) is 18.2 Å². The number of hydrogen-bond acceptors (Lipinski definition) is 3. The minimum Gasteiger partial charge on any atom is -0.491 e. The molecule has 0 amide bonds. The van der Waals surface area contributed by atoms with Gasteiger partial charge >= 0.3 is 0 Å². The third-order valence-electron chi connectivity index (χ3n) is 3.10. The van der Waals surface area contributed by atoms with Gasteiger partial charge in [0.05, 0.1) is 18.0 Å². The van der Waals surface area contributed by atoms with E-state index in [2.05, 4.69) is 0 Å². The largest absolute Gasteiger partial charge is 0.491 e. The first-order valence-corrected chi connectivity index (χ1v) is 6.68. The summed E-state index contributed by atoms with van der Waals surface area (Å²) in [6.07, 6.45) is 0. The maximum atomic E-state index is 13.7. The highest BCUT2D eigenvalue weighted by Gasteiger charge is 2.12. The van der Waals surface area contributed by atoms with Crippen LogP contribution in [0.3, 0.4) is 0 Å². The molecule has 0 aromatic heterocycles. The fourth-order valence-electron chi connectivity index (χ4n) is 2.15. The van der Waals surface area contributed by atoms with Crippen molar-refractivity contribution in [3.63, 3.8) is 0 Å². The van der Waals surface area contributed by atoms with Crippen molar-refractivity contribution in [3.8, 4) is 5.75 Å². The lowest BCUT2D eigenvalue weighted by Crippen LogP contribution is -2.18. The molecule has 0 saturated heterocycles. The lowest BCUT2D eigenvalue weighted by molar-refractivity contribution is 0.322. The zero-order valence-electron chi connectivity index (χ0n) is 12.1. The maximum absolute atomic E-state index is 13.7. The van der Waals surface area contributed by atoms with Crippen LogP contribution in [-0.2, 0) is 6.54 Å². The van der Waals surface area contributed by atoms with Gasteiger partial charge in [0.25, 0.3) is 0 Å². The predicted molar refractivity (Wildman–Crippen MR) is 80.5 cm³/mol. The van der Waals surface area contributed by atoms with Crippen LogP contribution >= 0.6 is 0 Å². The molecule has 2 rings (SSSR count). The first-order valence-electron chi connectivity index (χ1n) is 6.68. The molecule has 2 aromatic carbocycles. The first kappa shape index (κ1) is 15.1. The van der Waals surface area contributed by atoms with Gasteiger partial charge in [0.15, 0.2) is 11.6 Å². The molecular formula is C16H18F2N2O. The lowest BCUT2D eigenvalue weighted by atomic mass is 10.2. The van der Waals surface area contributed by atoms with E-state index in [4.69, 9.17) is 10.5 Å². The Balaban J connectivity index is 2.26. The van der Waals surface area contributed by atoms with Crippen molar-refractivity contribution in [1.29, 1.82) is 0 Å². The van der Waals surface area contributed by atoms with Gasteiger partial charge in [-0.1, -0.05) is 12.1 Å². The molecule has 112 valence electrons. The Morgan fingerprint density at radius 2 is 1.95 bits per heavy atom. The SMILES string of the molecule is CCOc1cc(N(C)Cc2cccc(F)c2)c(N)cc1F. The van der Waals surface area contributed by atoms with E-state index in [1.54, 1.807) is 19.1 Å². The molecule has 0 aliphatic heterocycles. The third-order valence-corrected chi connectivity index (χ3v) is 3.10. The van der Waals surface area contributed by atoms with E-state index in [0.717, 1.165) is 5.56 Å². The summed E-state index contributed by atoms with van der Waals surface area (Å²) in [4.78, 5) is 1.83. The summed E-state index contributed by atoms with van der Waals surface area (Å²) in [6.45, 7) is 2.61. The molecular weight excluding hydrogens is 274 g/mol. The second-order valence-electron chi connectivity index (χ2n) is 4.76. The number of ether oxygens (including phenoxy) is 1. The molecule has 5 heteroatoms. The first-order chi connectivity index (χ1) is 10.0. The Bertz CT molecular complexity index is 632. The average Bonchev–Trinajstić information content (AvgIpc) is 2.41. The minimum atomic E-state index is -0.489. The van der Waals surface area contributed by atoms with E-state index in [0.29, 0.717) is 24.5 Å². The van der Waals surface area contributed by atoms with Crippen LogP contribution in [0.5, 0.6) is 5.75 Å². The molecule has 21 heavy (non-hydrogen) atoms. The van der Waals surface area contributed by atoms with Crippen molar-refractivity contribution >= 4 is 11.4 Å². The van der Waals surface area contributed by atoms with Crippen molar-refractivity contribution in [2.75, 3.05) is 24.3 Å². The molecule has 0 bridgehead atoms. The van der Waals surface area contributed by atoms with Gasteiger partial charge in [-0.2, -0.15) is 0 Å². The fraction of sp³-hybridized carbons (Fsp3) is 0.250. The number of rotatable bonds is 5. The molecule has 0 aliphatic rings. The van der Waals surface area contributed by atoms with E-state index in [9.17, 15) is 8.78 Å². The van der Waals surface area contributed by atoms with Crippen LogP contribution in [0.4, 0.5) is 20.2 Å². The summed E-state index contributed by atoms with van der Waals surface area (Å²) in [5, 5.41) is 0. The molecule has 0 unspecified atom stereocenters. The number of nitrogens with zero attached hydrogens (tertiary/aromatic N) is 1. The van der Waals surface area contributed by atoms with Gasteiger partial charge in [0.2, 0.25) is 0 Å². The van der Waals surface area contributed by atoms with Crippen LogP contribution in [0, 0.1) is 11.6 Å². The van der Waals surface area contributed by atoms with Crippen molar-refractivity contribution in [2.45, 2.75) is 13.5 Å². The second-order valence-corrected chi connectivity index (χ2v) is 4.76. The van der Waals surface area contributed by atoms with Crippen LogP contribution in [0.25, 0.3) is 0 Å². The highest BCUT2D eigenvalue weighted by molar-refractivity contribution is 5.69. The molecule has 0 spiro atoms. The number of nitrogen functional groups attached to an aromatic ring is 1. The summed E-state index contributed by atoms with van der Waals surface area (Å²) in [5.74, 6) is -0.618. The lowest BCUT2D eigenvalue weighted by Gasteiger charge is -2.22. The van der Waals surface area contributed by atoms with Gasteiger partial charge < -0.3 is 15.4 Å². The smallest absolute Gasteiger partial charge is 0.167 e. The molecule has 0 heterocycles. The number of nitrogens with two attached hydrogens (primary N) is 1. The zero-order chi connectivity index (χ0) is 15.4. The molecule has 0 atom stereocenters. The number of hydrogen-bond donors (Lipinski definition) is 1. The van der Waals surface area contributed by atoms with Crippen molar-refractivity contribution in [3.05, 3.63) is 53.6 Å². The van der Waals surface area contributed by atoms with Gasteiger partial charge in [0, 0.05) is 25.7 Å². The van der Waals surface area contributed by atoms with Crippen molar-refractivity contribution in [1.82, 2.24) is 0 Å². The quantitative estimate of drug-likeness (QED) is 0.856. The molecule has 0 radical (unpaired) electrons. The Morgan fingerprint density at radius 1 is 1.19 bits per heavy atom. The topological polar surface area (TPSA) is 38.5 Å². The van der Waals surface area contributed by atoms with Crippen LogP contribution in [0.2, 0.25) is 0 Å². The van der Waals surface area contributed by atoms with Gasteiger partial charge in [-0.15, -0.1) is 0 Å². The molecule has 0 aliphatic carbocycles. The molecule has 0 fully saturated rings. The molecule has 2 aromatic rings. The van der Waals surface area contributed by atoms with E-state index >= 15 is 0 Å². The van der Waals surface area contributed by atoms with Crippen molar-refractivity contribution in [2.24, 2.45) is 0 Å². The molecule has 3 nitrogen and oxygen atoms in total. The van der Waals surface area contributed by atoms with E-state index < -0.39 is 5.82 Å². The van der Waals surface area contributed by atoms with Crippen LogP contribution in [0.1, 0.15) is 12.5 Å². The van der Waals surface area contributed by atoms with E-state index in [1.807, 2.05) is 18.0 Å². The van der Waals surface area contributed by atoms with Crippen LogP contribution in [0.15, 0.2) is 36.4 Å². The van der Waals surface area contributed by atoms with Gasteiger partial charge in [-0.05, 0) is 24.6 Å². The monoisotopic (exact) mass is 292 g/mol. The summed E-state index contributed by atoms with van der Waals surface area (Å²) in [5.41, 5.74) is 7.62. The van der Waals surface area contributed by atoms with Gasteiger partial charge in [-0.25, -0.2) is 8.78 Å². The number of benzene rings is 2. The Hall–Kier alpha value is -2.30. The summed E-state index contributed by atoms with van der Waals surface area (Å²) < 4.78 is 32.1. The Labute approximate surface area is 122 Å². The standard InChI is InChI=1S/C16H18F2N2O/c1-3-21-16-9-15(14(19)8-13(16)18)20(2)10-11-5-4-6-12(17)7-11/h4-9H,3,10,19H2,1-2H3. The normalized spacial score (nSPS) is 10.5. The predicted octanol–water partition coefficient (Wildman–Crippen LogP) is 3.58. The van der Waals surface area contributed by atoms with Gasteiger partial charge in [0.1, 0.15) is 5.82 Å². The van der Waals surface area contributed by atoms with Crippen LogP contribution in [-0.4, -0.2) is 13.7 Å². The molecule has 0 saturated carbocycles. The third kappa shape index (κ3) is 3.62. The van der Waals surface area contributed by atoms with Gasteiger partial charge in [-0.3, -0.25) is 0 Å². The summed E-state index contributed by atoms with van der Waals surface area (Å²) >= 11 is 0. The number of anilines is 2. The fourth-order valence-corrected chi connectivity index (χ4v) is 2.15. The average molecular weight is 292 g/mol. The maximum Gasteiger partial charge on any atom is 0.167 e. The van der Waals surface area contributed by atoms with Crippen molar-refractivity contribution < 1.29 is 13.5 Å². The van der Waals surface area contributed by atoms with Crippen LogP contribution < -0.4 is 15.4 Å². The Kier molecular flexibility index (Phi) is 4.62. The highest BCUT2D eigenvalue weighted by atomic mass is 19.1. The number of halogens is 2. The Morgan fingerprint density at radius 3 is 2.62 bits per heavy atom.